The van der Waals surface area contributed by atoms with E-state index in [-0.39, 0.29) is 30.7 Å². The molecular formula is C32H30FN3O5. The molecule has 4 N–H and O–H groups in total. The van der Waals surface area contributed by atoms with Crippen molar-refractivity contribution in [1.82, 2.24) is 10.3 Å². The number of methoxy groups -OCH3 is 1. The number of aromatic nitrogens is 1. The Bertz CT molecular complexity index is 1690. The Labute approximate surface area is 236 Å². The maximum absolute atomic E-state index is 13.7. The highest BCUT2D eigenvalue weighted by atomic mass is 19.1. The van der Waals surface area contributed by atoms with Crippen molar-refractivity contribution in [3.05, 3.63) is 89.4 Å². The van der Waals surface area contributed by atoms with Crippen LogP contribution in [0.15, 0.2) is 66.7 Å². The summed E-state index contributed by atoms with van der Waals surface area (Å²) in [6, 6.07) is 18.5. The van der Waals surface area contributed by atoms with E-state index in [0.29, 0.717) is 33.9 Å². The van der Waals surface area contributed by atoms with Crippen LogP contribution in [0.25, 0.3) is 22.0 Å². The van der Waals surface area contributed by atoms with Crippen molar-refractivity contribution >= 4 is 22.6 Å². The lowest BCUT2D eigenvalue weighted by atomic mass is 9.81. The van der Waals surface area contributed by atoms with Crippen LogP contribution in [0, 0.1) is 11.7 Å². The van der Waals surface area contributed by atoms with Gasteiger partial charge in [0.2, 0.25) is 5.91 Å². The van der Waals surface area contributed by atoms with Gasteiger partial charge in [-0.1, -0.05) is 24.3 Å². The molecule has 4 aromatic rings. The number of ether oxygens (including phenoxy) is 2. The van der Waals surface area contributed by atoms with Crippen molar-refractivity contribution in [2.75, 3.05) is 20.3 Å². The summed E-state index contributed by atoms with van der Waals surface area (Å²) in [5, 5.41) is 16.8. The lowest BCUT2D eigenvalue weighted by molar-refractivity contribution is -0.123. The van der Waals surface area contributed by atoms with Crippen molar-refractivity contribution in [2.24, 2.45) is 11.7 Å². The number of benzene rings is 3. The predicted molar refractivity (Wildman–Crippen MR) is 151 cm³/mol. The molecule has 3 aromatic carbocycles. The number of hydrogen-bond acceptors (Lipinski definition) is 6. The number of primary amides is 1. The quantitative estimate of drug-likeness (QED) is 0.299. The SMILES string of the molecule is COc1cc(C(=O)NCC(O)(c2cc3c(c(-c4ccc(F)cc4)n2)OC[C@]3(C)C(N)=O)C2CC2)cc2ccccc12. The molecule has 210 valence electrons. The fraction of sp³-hybridized carbons (Fsp3) is 0.281. The zero-order valence-corrected chi connectivity index (χ0v) is 22.7. The van der Waals surface area contributed by atoms with Crippen molar-refractivity contribution in [1.29, 1.82) is 0 Å². The molecule has 1 aliphatic heterocycles. The minimum absolute atomic E-state index is 0.0133. The minimum Gasteiger partial charge on any atom is -0.496 e. The normalized spacial score (nSPS) is 19.2. The Morgan fingerprint density at radius 2 is 1.90 bits per heavy atom. The number of carbonyl (C=O) groups is 2. The molecule has 2 aliphatic rings. The number of pyridine rings is 1. The minimum atomic E-state index is -1.54. The molecule has 0 saturated heterocycles. The van der Waals surface area contributed by atoms with Crippen LogP contribution in [-0.2, 0) is 15.8 Å². The van der Waals surface area contributed by atoms with E-state index in [2.05, 4.69) is 5.32 Å². The average Bonchev–Trinajstić information content (AvgIpc) is 3.79. The van der Waals surface area contributed by atoms with Crippen molar-refractivity contribution in [3.8, 4) is 22.8 Å². The van der Waals surface area contributed by atoms with Crippen molar-refractivity contribution in [3.63, 3.8) is 0 Å². The second-order valence-corrected chi connectivity index (χ2v) is 11.0. The second kappa shape index (κ2) is 9.85. The van der Waals surface area contributed by atoms with Crippen LogP contribution in [0.1, 0.15) is 41.4 Å². The Morgan fingerprint density at radius 3 is 2.59 bits per heavy atom. The number of aliphatic hydroxyl groups is 1. The highest BCUT2D eigenvalue weighted by molar-refractivity contribution is 6.01. The first-order valence-electron chi connectivity index (χ1n) is 13.5. The number of rotatable bonds is 8. The van der Waals surface area contributed by atoms with Gasteiger partial charge in [-0.25, -0.2) is 9.37 Å². The number of fused-ring (bicyclic) bond motifs is 2. The van der Waals surface area contributed by atoms with Crippen LogP contribution in [0.4, 0.5) is 4.39 Å². The molecule has 1 fully saturated rings. The zero-order chi connectivity index (χ0) is 28.9. The van der Waals surface area contributed by atoms with E-state index >= 15 is 0 Å². The molecule has 41 heavy (non-hydrogen) atoms. The highest BCUT2D eigenvalue weighted by Gasteiger charge is 2.50. The number of carbonyl (C=O) groups excluding carboxylic acids is 2. The smallest absolute Gasteiger partial charge is 0.251 e. The third kappa shape index (κ3) is 4.56. The monoisotopic (exact) mass is 555 g/mol. The van der Waals surface area contributed by atoms with E-state index < -0.39 is 22.7 Å². The first-order chi connectivity index (χ1) is 19.6. The third-order valence-corrected chi connectivity index (χ3v) is 8.25. The molecule has 9 heteroatoms. The molecule has 2 amide bonds. The van der Waals surface area contributed by atoms with Crippen LogP contribution in [0.5, 0.6) is 11.5 Å². The summed E-state index contributed by atoms with van der Waals surface area (Å²) in [4.78, 5) is 30.7. The van der Waals surface area contributed by atoms with Gasteiger partial charge in [0.05, 0.1) is 19.3 Å². The lowest BCUT2D eigenvalue weighted by Crippen LogP contribution is -2.44. The lowest BCUT2D eigenvalue weighted by Gasteiger charge is -2.30. The molecular weight excluding hydrogens is 525 g/mol. The second-order valence-electron chi connectivity index (χ2n) is 11.0. The van der Waals surface area contributed by atoms with Crippen molar-refractivity contribution in [2.45, 2.75) is 30.8 Å². The topological polar surface area (TPSA) is 124 Å². The van der Waals surface area contributed by atoms with Gasteiger partial charge in [-0.2, -0.15) is 0 Å². The van der Waals surface area contributed by atoms with E-state index in [1.165, 1.54) is 12.1 Å². The molecule has 0 spiro atoms. The third-order valence-electron chi connectivity index (χ3n) is 8.25. The van der Waals surface area contributed by atoms with Gasteiger partial charge in [0.15, 0.2) is 0 Å². The van der Waals surface area contributed by atoms with E-state index in [0.717, 1.165) is 23.6 Å². The Hall–Kier alpha value is -4.50. The number of halogens is 1. The summed E-state index contributed by atoms with van der Waals surface area (Å²) in [6.07, 6.45) is 1.48. The van der Waals surface area contributed by atoms with Gasteiger partial charge >= 0.3 is 0 Å². The van der Waals surface area contributed by atoms with E-state index in [4.69, 9.17) is 20.2 Å². The fourth-order valence-corrected chi connectivity index (χ4v) is 5.51. The van der Waals surface area contributed by atoms with E-state index in [9.17, 15) is 19.1 Å². The first kappa shape index (κ1) is 26.7. The van der Waals surface area contributed by atoms with E-state index in [1.54, 1.807) is 44.4 Å². The molecule has 1 aliphatic carbocycles. The largest absolute Gasteiger partial charge is 0.496 e. The van der Waals surface area contributed by atoms with Gasteiger partial charge in [-0.3, -0.25) is 9.59 Å². The Kier molecular flexibility index (Phi) is 6.42. The first-order valence-corrected chi connectivity index (χ1v) is 13.5. The molecule has 1 aromatic heterocycles. The number of nitrogens with two attached hydrogens (primary N) is 1. The van der Waals surface area contributed by atoms with Gasteiger partial charge in [0.25, 0.3) is 5.91 Å². The van der Waals surface area contributed by atoms with Crippen LogP contribution in [0.3, 0.4) is 0 Å². The summed E-state index contributed by atoms with van der Waals surface area (Å²) < 4.78 is 25.2. The van der Waals surface area contributed by atoms with Gasteiger partial charge in [-0.05, 0) is 73.5 Å². The van der Waals surface area contributed by atoms with Gasteiger partial charge in [-0.15, -0.1) is 0 Å². The van der Waals surface area contributed by atoms with Gasteiger partial charge in [0.1, 0.15) is 40.6 Å². The molecule has 1 saturated carbocycles. The maximum atomic E-state index is 13.7. The van der Waals surface area contributed by atoms with E-state index in [1.807, 2.05) is 24.3 Å². The fourth-order valence-electron chi connectivity index (χ4n) is 5.51. The summed E-state index contributed by atoms with van der Waals surface area (Å²) in [7, 11) is 1.55. The number of nitrogens with one attached hydrogen (secondary N) is 1. The Balaban J connectivity index is 1.39. The average molecular weight is 556 g/mol. The molecule has 0 radical (unpaired) electrons. The molecule has 6 rings (SSSR count). The van der Waals surface area contributed by atoms with Crippen LogP contribution in [-0.4, -0.2) is 42.2 Å². The molecule has 2 heterocycles. The summed E-state index contributed by atoms with van der Waals surface area (Å²) in [5.41, 5.74) is 5.20. The molecule has 8 nitrogen and oxygen atoms in total. The molecule has 1 unspecified atom stereocenters. The van der Waals surface area contributed by atoms with Crippen LogP contribution >= 0.6 is 0 Å². The van der Waals surface area contributed by atoms with Gasteiger partial charge in [0, 0.05) is 22.1 Å². The molecule has 2 atom stereocenters. The summed E-state index contributed by atoms with van der Waals surface area (Å²) in [6.45, 7) is 1.58. The summed E-state index contributed by atoms with van der Waals surface area (Å²) >= 11 is 0. The van der Waals surface area contributed by atoms with Crippen LogP contribution < -0.4 is 20.5 Å². The number of nitrogens with zero attached hydrogens (tertiary/aromatic N) is 1. The molecule has 0 bridgehead atoms. The van der Waals surface area contributed by atoms with Crippen LogP contribution in [0.2, 0.25) is 0 Å². The zero-order valence-electron chi connectivity index (χ0n) is 22.7. The standard InChI is InChI=1S/C32H30FN3O5/c1-31(30(34)38)17-41-28-24(31)15-26(36-27(28)18-7-11-22(33)12-8-18)32(39,21-9-10-21)16-35-29(37)20-13-19-5-3-4-6-23(19)25(14-20)40-2/h3-8,11-15,21,39H,9-10,16-17H2,1-2H3,(H2,34,38)(H,35,37)/t31-,32?/m0/s1. The Morgan fingerprint density at radius 1 is 1.17 bits per heavy atom. The highest BCUT2D eigenvalue weighted by Crippen LogP contribution is 2.50. The van der Waals surface area contributed by atoms with Gasteiger partial charge < -0.3 is 25.6 Å². The number of hydrogen-bond donors (Lipinski definition) is 3. The maximum Gasteiger partial charge on any atom is 0.251 e. The summed E-state index contributed by atoms with van der Waals surface area (Å²) in [5.74, 6) is -0.590. The predicted octanol–water partition coefficient (Wildman–Crippen LogP) is 4.21. The van der Waals surface area contributed by atoms with Crippen molar-refractivity contribution < 1.29 is 28.6 Å². The number of amides is 2.